The maximum absolute atomic E-state index is 13.8. The van der Waals surface area contributed by atoms with Crippen LogP contribution in [0.25, 0.3) is 0 Å². The highest BCUT2D eigenvalue weighted by Crippen LogP contribution is 2.24. The fourth-order valence-electron chi connectivity index (χ4n) is 1.55. The van der Waals surface area contributed by atoms with Gasteiger partial charge in [-0.1, -0.05) is 12.1 Å². The molecule has 7 heteroatoms. The lowest BCUT2D eigenvalue weighted by molar-refractivity contribution is 0.474. The van der Waals surface area contributed by atoms with Crippen LogP contribution in [0.5, 0.6) is 0 Å². The fraction of sp³-hybridized carbons (Fsp3) is 0.200. The second-order valence-electron chi connectivity index (χ2n) is 3.57. The van der Waals surface area contributed by atoms with Gasteiger partial charge in [-0.25, -0.2) is 19.2 Å². The summed E-state index contributed by atoms with van der Waals surface area (Å²) >= 11 is 0. The minimum atomic E-state index is -0.940. The Morgan fingerprint density at radius 2 is 2.12 bits per heavy atom. The van der Waals surface area contributed by atoms with Gasteiger partial charge in [-0.05, 0) is 12.5 Å². The summed E-state index contributed by atoms with van der Waals surface area (Å²) in [5.74, 6) is 3.81. The average Bonchev–Trinajstić information content (AvgIpc) is 2.84. The van der Waals surface area contributed by atoms with Crippen LogP contribution in [0.2, 0.25) is 0 Å². The van der Waals surface area contributed by atoms with Gasteiger partial charge in [-0.2, -0.15) is 5.10 Å². The zero-order chi connectivity index (χ0) is 12.4. The number of hydrazine groups is 1. The standard InChI is InChI=1S/C10H11F2N5/c1-5-2-3-6(8(12)7(5)11)9(16-13)10-14-4-15-17-10/h2-4,9,16H,13H2,1H3,(H,14,15,17). The highest BCUT2D eigenvalue weighted by molar-refractivity contribution is 5.30. The Balaban J connectivity index is 2.49. The molecule has 0 spiro atoms. The minimum absolute atomic E-state index is 0.0763. The molecule has 5 nitrogen and oxygen atoms in total. The summed E-state index contributed by atoms with van der Waals surface area (Å²) in [6.45, 7) is 1.49. The highest BCUT2D eigenvalue weighted by Gasteiger charge is 2.22. The molecule has 4 N–H and O–H groups in total. The number of H-pyrrole nitrogens is 1. The molecule has 1 aromatic carbocycles. The second-order valence-corrected chi connectivity index (χ2v) is 3.57. The number of halogens is 2. The number of rotatable bonds is 3. The summed E-state index contributed by atoms with van der Waals surface area (Å²) in [5, 5.41) is 6.19. The maximum atomic E-state index is 13.8. The van der Waals surface area contributed by atoms with E-state index in [9.17, 15) is 8.78 Å². The maximum Gasteiger partial charge on any atom is 0.164 e. The van der Waals surface area contributed by atoms with Crippen molar-refractivity contribution in [2.24, 2.45) is 5.84 Å². The monoisotopic (exact) mass is 239 g/mol. The van der Waals surface area contributed by atoms with Crippen molar-refractivity contribution in [3.8, 4) is 0 Å². The van der Waals surface area contributed by atoms with Gasteiger partial charge in [0.05, 0.1) is 0 Å². The van der Waals surface area contributed by atoms with E-state index in [1.54, 1.807) is 0 Å². The normalized spacial score (nSPS) is 12.7. The Morgan fingerprint density at radius 1 is 1.35 bits per heavy atom. The number of nitrogens with two attached hydrogens (primary N) is 1. The summed E-state index contributed by atoms with van der Waals surface area (Å²) < 4.78 is 27.2. The third-order valence-corrected chi connectivity index (χ3v) is 2.49. The van der Waals surface area contributed by atoms with Crippen molar-refractivity contribution in [3.05, 3.63) is 47.0 Å². The fourth-order valence-corrected chi connectivity index (χ4v) is 1.55. The van der Waals surface area contributed by atoms with Crippen LogP contribution in [0.1, 0.15) is 23.0 Å². The zero-order valence-corrected chi connectivity index (χ0v) is 9.04. The van der Waals surface area contributed by atoms with Gasteiger partial charge in [-0.3, -0.25) is 10.9 Å². The molecule has 1 unspecified atom stereocenters. The van der Waals surface area contributed by atoms with E-state index in [2.05, 4.69) is 20.6 Å². The summed E-state index contributed by atoms with van der Waals surface area (Å²) in [5.41, 5.74) is 2.68. The number of hydrogen-bond donors (Lipinski definition) is 3. The number of benzene rings is 1. The number of hydrogen-bond acceptors (Lipinski definition) is 4. The number of aryl methyl sites for hydroxylation is 1. The number of aromatic nitrogens is 3. The van der Waals surface area contributed by atoms with Crippen LogP contribution in [0.3, 0.4) is 0 Å². The van der Waals surface area contributed by atoms with Crippen molar-refractivity contribution in [2.75, 3.05) is 0 Å². The average molecular weight is 239 g/mol. The van der Waals surface area contributed by atoms with Crippen LogP contribution in [-0.4, -0.2) is 15.2 Å². The summed E-state index contributed by atoms with van der Waals surface area (Å²) in [7, 11) is 0. The second kappa shape index (κ2) is 4.56. The lowest BCUT2D eigenvalue weighted by Crippen LogP contribution is -2.30. The number of nitrogens with one attached hydrogen (secondary N) is 2. The molecule has 0 amide bonds. The van der Waals surface area contributed by atoms with E-state index in [1.165, 1.54) is 25.4 Å². The molecule has 90 valence electrons. The van der Waals surface area contributed by atoms with Gasteiger partial charge in [0.15, 0.2) is 11.6 Å². The summed E-state index contributed by atoms with van der Waals surface area (Å²) in [6, 6.07) is 2.17. The Labute approximate surface area is 96.0 Å². The van der Waals surface area contributed by atoms with Crippen LogP contribution in [0.15, 0.2) is 18.5 Å². The third kappa shape index (κ3) is 2.02. The lowest BCUT2D eigenvalue weighted by Gasteiger charge is -2.15. The topological polar surface area (TPSA) is 79.6 Å². The summed E-state index contributed by atoms with van der Waals surface area (Å²) in [4.78, 5) is 3.86. The highest BCUT2D eigenvalue weighted by atomic mass is 19.2. The Hall–Kier alpha value is -1.86. The zero-order valence-electron chi connectivity index (χ0n) is 9.04. The molecular weight excluding hydrogens is 228 g/mol. The van der Waals surface area contributed by atoms with Crippen LogP contribution >= 0.6 is 0 Å². The largest absolute Gasteiger partial charge is 0.270 e. The third-order valence-electron chi connectivity index (χ3n) is 2.49. The Kier molecular flexibility index (Phi) is 3.12. The smallest absolute Gasteiger partial charge is 0.164 e. The Bertz CT molecular complexity index is 512. The van der Waals surface area contributed by atoms with Crippen LogP contribution < -0.4 is 11.3 Å². The SMILES string of the molecule is Cc1ccc(C(NN)c2ncn[nH]2)c(F)c1F. The lowest BCUT2D eigenvalue weighted by atomic mass is 10.0. The van der Waals surface area contributed by atoms with Crippen molar-refractivity contribution in [2.45, 2.75) is 13.0 Å². The molecule has 0 aliphatic carbocycles. The van der Waals surface area contributed by atoms with E-state index in [-0.39, 0.29) is 11.1 Å². The van der Waals surface area contributed by atoms with E-state index in [4.69, 9.17) is 5.84 Å². The Morgan fingerprint density at radius 3 is 2.71 bits per heavy atom. The van der Waals surface area contributed by atoms with Gasteiger partial charge >= 0.3 is 0 Å². The van der Waals surface area contributed by atoms with Gasteiger partial charge in [-0.15, -0.1) is 0 Å². The quantitative estimate of drug-likeness (QED) is 0.550. The molecule has 1 aromatic heterocycles. The first kappa shape index (κ1) is 11.6. The van der Waals surface area contributed by atoms with Gasteiger partial charge in [0, 0.05) is 5.56 Å². The first-order chi connectivity index (χ1) is 8.15. The molecule has 0 aliphatic heterocycles. The van der Waals surface area contributed by atoms with E-state index in [0.717, 1.165) is 0 Å². The molecule has 0 bridgehead atoms. The van der Waals surface area contributed by atoms with E-state index in [1.807, 2.05) is 0 Å². The molecule has 2 rings (SSSR count). The number of nitrogens with zero attached hydrogens (tertiary/aromatic N) is 2. The first-order valence-corrected chi connectivity index (χ1v) is 4.91. The van der Waals surface area contributed by atoms with Crippen molar-refractivity contribution in [3.63, 3.8) is 0 Å². The predicted octanol–water partition coefficient (Wildman–Crippen LogP) is 0.944. The van der Waals surface area contributed by atoms with E-state index in [0.29, 0.717) is 5.82 Å². The molecule has 1 heterocycles. The van der Waals surface area contributed by atoms with E-state index >= 15 is 0 Å². The van der Waals surface area contributed by atoms with E-state index < -0.39 is 17.7 Å². The van der Waals surface area contributed by atoms with Gasteiger partial charge in [0.2, 0.25) is 0 Å². The minimum Gasteiger partial charge on any atom is -0.270 e. The van der Waals surface area contributed by atoms with Gasteiger partial charge in [0.25, 0.3) is 0 Å². The van der Waals surface area contributed by atoms with Crippen LogP contribution in [0.4, 0.5) is 8.78 Å². The van der Waals surface area contributed by atoms with Gasteiger partial charge < -0.3 is 0 Å². The van der Waals surface area contributed by atoms with Crippen LogP contribution in [-0.2, 0) is 0 Å². The molecule has 0 fully saturated rings. The summed E-state index contributed by atoms with van der Waals surface area (Å²) in [6.07, 6.45) is 1.27. The molecule has 0 saturated heterocycles. The van der Waals surface area contributed by atoms with Gasteiger partial charge in [0.1, 0.15) is 18.2 Å². The first-order valence-electron chi connectivity index (χ1n) is 4.91. The van der Waals surface area contributed by atoms with Crippen LogP contribution in [0, 0.1) is 18.6 Å². The van der Waals surface area contributed by atoms with Crippen molar-refractivity contribution in [1.29, 1.82) is 0 Å². The molecule has 17 heavy (non-hydrogen) atoms. The van der Waals surface area contributed by atoms with Crippen molar-refractivity contribution < 1.29 is 8.78 Å². The predicted molar refractivity (Wildman–Crippen MR) is 56.6 cm³/mol. The van der Waals surface area contributed by atoms with Crippen molar-refractivity contribution in [1.82, 2.24) is 20.6 Å². The molecule has 2 aromatic rings. The molecule has 0 saturated carbocycles. The molecular formula is C10H11F2N5. The number of aromatic amines is 1. The molecule has 0 radical (unpaired) electrons. The molecule has 0 aliphatic rings. The molecule has 1 atom stereocenters. The van der Waals surface area contributed by atoms with Crippen molar-refractivity contribution >= 4 is 0 Å².